The minimum atomic E-state index is -0.407. The van der Waals surface area contributed by atoms with Crippen LogP contribution in [0.25, 0.3) is 0 Å². The number of aldehydes is 1. The van der Waals surface area contributed by atoms with Crippen molar-refractivity contribution in [3.05, 3.63) is 0 Å². The molecule has 0 spiro atoms. The number of carbonyl (C=O) groups excluding carboxylic acids is 1. The predicted octanol–water partition coefficient (Wildman–Crippen LogP) is 1.41. The smallest absolute Gasteiger partial charge is 0.131 e. The third-order valence-electron chi connectivity index (χ3n) is 2.72. The quantitative estimate of drug-likeness (QED) is 0.623. The molecule has 1 aliphatic heterocycles. The van der Waals surface area contributed by atoms with Crippen molar-refractivity contribution in [3.8, 4) is 0 Å². The molecule has 0 aliphatic carbocycles. The van der Waals surface area contributed by atoms with Gasteiger partial charge in [0.05, 0.1) is 24.2 Å². The van der Waals surface area contributed by atoms with Gasteiger partial charge in [0.15, 0.2) is 0 Å². The van der Waals surface area contributed by atoms with Gasteiger partial charge < -0.3 is 14.3 Å². The van der Waals surface area contributed by atoms with E-state index in [1.807, 2.05) is 20.8 Å². The molecule has 1 rings (SSSR count). The van der Waals surface area contributed by atoms with E-state index in [9.17, 15) is 4.79 Å². The first-order valence-electron chi connectivity index (χ1n) is 4.84. The molecule has 1 aliphatic rings. The van der Waals surface area contributed by atoms with E-state index in [4.69, 9.17) is 9.47 Å². The van der Waals surface area contributed by atoms with Crippen molar-refractivity contribution in [3.63, 3.8) is 0 Å². The molecule has 3 unspecified atom stereocenters. The summed E-state index contributed by atoms with van der Waals surface area (Å²) >= 11 is 0. The Kier molecular flexibility index (Phi) is 3.45. The Bertz CT molecular complexity index is 181. The van der Waals surface area contributed by atoms with Crippen LogP contribution in [0.5, 0.6) is 0 Å². The van der Waals surface area contributed by atoms with Crippen LogP contribution < -0.4 is 0 Å². The van der Waals surface area contributed by atoms with Gasteiger partial charge in [-0.1, -0.05) is 0 Å². The van der Waals surface area contributed by atoms with Crippen LogP contribution in [0, 0.1) is 5.41 Å². The lowest BCUT2D eigenvalue weighted by Crippen LogP contribution is -2.35. The molecule has 3 heteroatoms. The van der Waals surface area contributed by atoms with Crippen molar-refractivity contribution in [1.82, 2.24) is 0 Å². The van der Waals surface area contributed by atoms with E-state index in [1.165, 1.54) is 0 Å². The van der Waals surface area contributed by atoms with Gasteiger partial charge in [0.2, 0.25) is 0 Å². The first-order valence-corrected chi connectivity index (χ1v) is 4.84. The Labute approximate surface area is 79.4 Å². The van der Waals surface area contributed by atoms with Gasteiger partial charge in [0.1, 0.15) is 6.29 Å². The van der Waals surface area contributed by atoms with E-state index < -0.39 is 5.41 Å². The molecule has 3 nitrogen and oxygen atoms in total. The summed E-state index contributed by atoms with van der Waals surface area (Å²) in [6, 6.07) is 0. The molecule has 0 aromatic heterocycles. The fourth-order valence-corrected chi connectivity index (χ4v) is 1.88. The van der Waals surface area contributed by atoms with Gasteiger partial charge in [-0.05, 0) is 27.2 Å². The second kappa shape index (κ2) is 4.20. The molecule has 13 heavy (non-hydrogen) atoms. The van der Waals surface area contributed by atoms with Crippen LogP contribution in [0.4, 0.5) is 0 Å². The van der Waals surface area contributed by atoms with E-state index in [0.717, 1.165) is 12.7 Å². The minimum Gasteiger partial charge on any atom is -0.381 e. The van der Waals surface area contributed by atoms with Crippen molar-refractivity contribution in [2.75, 3.05) is 13.2 Å². The van der Waals surface area contributed by atoms with E-state index in [-0.39, 0.29) is 12.2 Å². The Balaban J connectivity index is 2.63. The van der Waals surface area contributed by atoms with Crippen LogP contribution in [-0.4, -0.2) is 31.7 Å². The molecule has 1 saturated heterocycles. The normalized spacial score (nSPS) is 39.3. The SMILES string of the molecule is CCOCC1(C=O)CC(C)OC1C. The molecule has 0 amide bonds. The number of rotatable bonds is 4. The summed E-state index contributed by atoms with van der Waals surface area (Å²) in [5, 5.41) is 0. The summed E-state index contributed by atoms with van der Waals surface area (Å²) in [5.74, 6) is 0. The number of hydrogen-bond acceptors (Lipinski definition) is 3. The third-order valence-corrected chi connectivity index (χ3v) is 2.72. The predicted molar refractivity (Wildman–Crippen MR) is 49.6 cm³/mol. The zero-order valence-electron chi connectivity index (χ0n) is 8.58. The van der Waals surface area contributed by atoms with Gasteiger partial charge in [-0.3, -0.25) is 0 Å². The van der Waals surface area contributed by atoms with Gasteiger partial charge in [-0.2, -0.15) is 0 Å². The second-order valence-electron chi connectivity index (χ2n) is 3.78. The highest BCUT2D eigenvalue weighted by Gasteiger charge is 2.44. The van der Waals surface area contributed by atoms with Gasteiger partial charge in [-0.15, -0.1) is 0 Å². The zero-order valence-corrected chi connectivity index (χ0v) is 8.58. The lowest BCUT2D eigenvalue weighted by Gasteiger charge is -2.24. The van der Waals surface area contributed by atoms with Gasteiger partial charge in [0, 0.05) is 6.61 Å². The highest BCUT2D eigenvalue weighted by Crippen LogP contribution is 2.36. The molecule has 0 aromatic rings. The topological polar surface area (TPSA) is 35.5 Å². The average molecular weight is 186 g/mol. The van der Waals surface area contributed by atoms with Gasteiger partial charge in [-0.25, -0.2) is 0 Å². The van der Waals surface area contributed by atoms with Crippen LogP contribution in [0.3, 0.4) is 0 Å². The molecule has 1 fully saturated rings. The van der Waals surface area contributed by atoms with Crippen LogP contribution in [0.2, 0.25) is 0 Å². The maximum atomic E-state index is 11.0. The molecular formula is C10H18O3. The fourth-order valence-electron chi connectivity index (χ4n) is 1.88. The molecule has 1 heterocycles. The summed E-state index contributed by atoms with van der Waals surface area (Å²) in [6.45, 7) is 7.00. The molecule has 0 bridgehead atoms. The summed E-state index contributed by atoms with van der Waals surface area (Å²) in [5.41, 5.74) is -0.407. The van der Waals surface area contributed by atoms with Crippen LogP contribution in [-0.2, 0) is 14.3 Å². The van der Waals surface area contributed by atoms with Crippen LogP contribution in [0.1, 0.15) is 27.2 Å². The van der Waals surface area contributed by atoms with E-state index in [2.05, 4.69) is 0 Å². The maximum Gasteiger partial charge on any atom is 0.131 e. The van der Waals surface area contributed by atoms with Gasteiger partial charge in [0.25, 0.3) is 0 Å². The number of hydrogen-bond donors (Lipinski definition) is 0. The van der Waals surface area contributed by atoms with E-state index in [0.29, 0.717) is 13.2 Å². The van der Waals surface area contributed by atoms with Crippen molar-refractivity contribution < 1.29 is 14.3 Å². The van der Waals surface area contributed by atoms with Crippen molar-refractivity contribution in [2.24, 2.45) is 5.41 Å². The lowest BCUT2D eigenvalue weighted by atomic mass is 9.83. The highest BCUT2D eigenvalue weighted by molar-refractivity contribution is 5.61. The number of ether oxygens (including phenoxy) is 2. The third kappa shape index (κ3) is 2.09. The van der Waals surface area contributed by atoms with Crippen LogP contribution >= 0.6 is 0 Å². The Morgan fingerprint density at radius 2 is 2.31 bits per heavy atom. The number of carbonyl (C=O) groups is 1. The maximum absolute atomic E-state index is 11.0. The molecule has 0 saturated carbocycles. The van der Waals surface area contributed by atoms with E-state index in [1.54, 1.807) is 0 Å². The monoisotopic (exact) mass is 186 g/mol. The van der Waals surface area contributed by atoms with Crippen molar-refractivity contribution in [1.29, 1.82) is 0 Å². The molecule has 0 radical (unpaired) electrons. The Hall–Kier alpha value is -0.410. The first kappa shape index (κ1) is 10.7. The fraction of sp³-hybridized carbons (Fsp3) is 0.900. The second-order valence-corrected chi connectivity index (χ2v) is 3.78. The summed E-state index contributed by atoms with van der Waals surface area (Å²) in [7, 11) is 0. The minimum absolute atomic E-state index is 0.0217. The molecule has 3 atom stereocenters. The summed E-state index contributed by atoms with van der Waals surface area (Å²) in [6.07, 6.45) is 1.92. The summed E-state index contributed by atoms with van der Waals surface area (Å²) in [4.78, 5) is 11.0. The Morgan fingerprint density at radius 1 is 1.62 bits per heavy atom. The standard InChI is InChI=1S/C10H18O3/c1-4-12-7-10(6-11)5-8(2)13-9(10)3/h6,8-9H,4-5,7H2,1-3H3. The van der Waals surface area contributed by atoms with Crippen molar-refractivity contribution >= 4 is 6.29 Å². The van der Waals surface area contributed by atoms with Gasteiger partial charge >= 0.3 is 0 Å². The largest absolute Gasteiger partial charge is 0.381 e. The molecule has 76 valence electrons. The molecule has 0 N–H and O–H groups in total. The van der Waals surface area contributed by atoms with E-state index >= 15 is 0 Å². The Morgan fingerprint density at radius 3 is 2.69 bits per heavy atom. The average Bonchev–Trinajstić information content (AvgIpc) is 2.38. The molecular weight excluding hydrogens is 168 g/mol. The van der Waals surface area contributed by atoms with Crippen LogP contribution in [0.15, 0.2) is 0 Å². The first-order chi connectivity index (χ1) is 6.14. The highest BCUT2D eigenvalue weighted by atomic mass is 16.5. The zero-order chi connectivity index (χ0) is 9.90. The van der Waals surface area contributed by atoms with Crippen molar-refractivity contribution in [2.45, 2.75) is 39.4 Å². The lowest BCUT2D eigenvalue weighted by molar-refractivity contribution is -0.123. The summed E-state index contributed by atoms with van der Waals surface area (Å²) < 4.78 is 10.9. The molecule has 0 aromatic carbocycles.